The number of methoxy groups -OCH3 is 1. The topological polar surface area (TPSA) is 30.5 Å². The summed E-state index contributed by atoms with van der Waals surface area (Å²) < 4.78 is 12.5. The van der Waals surface area contributed by atoms with E-state index in [0.29, 0.717) is 13.2 Å². The first-order valence-electron chi connectivity index (χ1n) is 7.10. The molecule has 0 fully saturated rings. The highest BCUT2D eigenvalue weighted by atomic mass is 79.9. The normalized spacial score (nSPS) is 10.3. The second-order valence-electron chi connectivity index (χ2n) is 4.75. The highest BCUT2D eigenvalue weighted by molar-refractivity contribution is 9.10. The minimum atomic E-state index is 0.502. The van der Waals surface area contributed by atoms with Crippen LogP contribution >= 0.6 is 15.9 Å². The van der Waals surface area contributed by atoms with Crippen LogP contribution < -0.4 is 14.8 Å². The average Bonchev–Trinajstić information content (AvgIpc) is 2.56. The molecule has 0 saturated carbocycles. The van der Waals surface area contributed by atoms with E-state index in [1.165, 1.54) is 0 Å². The molecule has 0 heterocycles. The smallest absolute Gasteiger partial charge is 0.167 e. The summed E-state index contributed by atoms with van der Waals surface area (Å²) >= 11 is 3.59. The molecule has 0 bridgehead atoms. The van der Waals surface area contributed by atoms with E-state index in [4.69, 9.17) is 9.47 Å². The van der Waals surface area contributed by atoms with Crippen molar-refractivity contribution in [2.24, 2.45) is 0 Å². The van der Waals surface area contributed by atoms with Gasteiger partial charge in [0.25, 0.3) is 0 Å². The second-order valence-corrected chi connectivity index (χ2v) is 5.61. The number of hydrogen-bond donors (Lipinski definition) is 1. The van der Waals surface area contributed by atoms with Crippen LogP contribution in [0.2, 0.25) is 0 Å². The number of rotatable bonds is 8. The lowest BCUT2D eigenvalue weighted by molar-refractivity contribution is 0.280. The minimum absolute atomic E-state index is 0.502. The molecule has 0 radical (unpaired) electrons. The Morgan fingerprint density at radius 1 is 1.18 bits per heavy atom. The molecule has 0 aliphatic heterocycles. The molecule has 1 N–H and O–H groups in total. The fraction of sp³-hybridized carbons (Fsp3) is 0.222. The van der Waals surface area contributed by atoms with E-state index in [-0.39, 0.29) is 0 Å². The lowest BCUT2D eigenvalue weighted by Crippen LogP contribution is -2.14. The van der Waals surface area contributed by atoms with Crippen molar-refractivity contribution in [2.75, 3.05) is 13.7 Å². The van der Waals surface area contributed by atoms with E-state index in [9.17, 15) is 0 Å². The Bertz CT molecular complexity index is 614. The summed E-state index contributed by atoms with van der Waals surface area (Å²) in [6, 6.07) is 14.0. The predicted molar refractivity (Wildman–Crippen MR) is 93.4 cm³/mol. The molecule has 3 nitrogen and oxygen atoms in total. The molecule has 0 aliphatic carbocycles. The molecular weight excluding hydrogens is 342 g/mol. The van der Waals surface area contributed by atoms with Crippen LogP contribution in [-0.4, -0.2) is 13.7 Å². The van der Waals surface area contributed by atoms with Gasteiger partial charge in [-0.15, -0.1) is 6.58 Å². The van der Waals surface area contributed by atoms with Crippen molar-refractivity contribution in [2.45, 2.75) is 13.2 Å². The van der Waals surface area contributed by atoms with Crippen molar-refractivity contribution >= 4 is 15.9 Å². The summed E-state index contributed by atoms with van der Waals surface area (Å²) in [5, 5.41) is 3.30. The second kappa shape index (κ2) is 8.61. The fourth-order valence-corrected chi connectivity index (χ4v) is 2.55. The van der Waals surface area contributed by atoms with E-state index in [0.717, 1.165) is 33.6 Å². The molecule has 0 saturated heterocycles. The monoisotopic (exact) mass is 361 g/mol. The number of ether oxygens (including phenoxy) is 2. The summed E-state index contributed by atoms with van der Waals surface area (Å²) in [4.78, 5) is 0. The summed E-state index contributed by atoms with van der Waals surface area (Å²) in [5.74, 6) is 1.49. The van der Waals surface area contributed by atoms with Crippen molar-refractivity contribution in [1.82, 2.24) is 5.32 Å². The van der Waals surface area contributed by atoms with Crippen LogP contribution in [-0.2, 0) is 13.2 Å². The maximum Gasteiger partial charge on any atom is 0.167 e. The first-order valence-corrected chi connectivity index (χ1v) is 7.89. The minimum Gasteiger partial charge on any atom is -0.493 e. The lowest BCUT2D eigenvalue weighted by atomic mass is 10.1. The summed E-state index contributed by atoms with van der Waals surface area (Å²) in [5.41, 5.74) is 2.16. The Balaban J connectivity index is 2.22. The summed E-state index contributed by atoms with van der Waals surface area (Å²) in [6.45, 7) is 5.63. The first kappa shape index (κ1) is 16.6. The van der Waals surface area contributed by atoms with Gasteiger partial charge in [-0.05, 0) is 17.7 Å². The Kier molecular flexibility index (Phi) is 6.49. The van der Waals surface area contributed by atoms with Crippen molar-refractivity contribution < 1.29 is 9.47 Å². The van der Waals surface area contributed by atoms with Gasteiger partial charge in [0.2, 0.25) is 0 Å². The molecular formula is C18H20BrNO2. The maximum absolute atomic E-state index is 6.04. The highest BCUT2D eigenvalue weighted by Gasteiger charge is 2.14. The zero-order valence-electron chi connectivity index (χ0n) is 12.6. The van der Waals surface area contributed by atoms with Crippen molar-refractivity contribution in [1.29, 1.82) is 0 Å². The standard InChI is InChI=1S/C18H20BrNO2/c1-3-11-20-12-15-16(19)9-10-17(21-2)18(15)22-13-14-7-5-4-6-8-14/h3-10,20H,1,11-13H2,2H3. The van der Waals surface area contributed by atoms with E-state index in [1.807, 2.05) is 48.5 Å². The zero-order valence-corrected chi connectivity index (χ0v) is 14.2. The number of hydrogen-bond acceptors (Lipinski definition) is 3. The number of halogens is 1. The van der Waals surface area contributed by atoms with Gasteiger partial charge in [-0.2, -0.15) is 0 Å². The molecule has 0 atom stereocenters. The van der Waals surface area contributed by atoms with Gasteiger partial charge in [0.15, 0.2) is 11.5 Å². The van der Waals surface area contributed by atoms with Crippen molar-refractivity contribution in [3.63, 3.8) is 0 Å². The molecule has 4 heteroatoms. The average molecular weight is 362 g/mol. The van der Waals surface area contributed by atoms with Crippen molar-refractivity contribution in [3.8, 4) is 11.5 Å². The zero-order chi connectivity index (χ0) is 15.8. The molecule has 2 aromatic carbocycles. The predicted octanol–water partition coefficient (Wildman–Crippen LogP) is 4.31. The van der Waals surface area contributed by atoms with E-state index >= 15 is 0 Å². The van der Waals surface area contributed by atoms with Gasteiger partial charge in [-0.1, -0.05) is 52.3 Å². The van der Waals surface area contributed by atoms with Gasteiger partial charge < -0.3 is 14.8 Å². The van der Waals surface area contributed by atoms with Crippen LogP contribution in [0.4, 0.5) is 0 Å². The van der Waals surface area contributed by atoms with Crippen LogP contribution in [0.5, 0.6) is 11.5 Å². The molecule has 116 valence electrons. The Morgan fingerprint density at radius 2 is 1.95 bits per heavy atom. The maximum atomic E-state index is 6.04. The van der Waals surface area contributed by atoms with Gasteiger partial charge in [-0.3, -0.25) is 0 Å². The molecule has 0 aromatic heterocycles. The van der Waals surface area contributed by atoms with Crippen molar-refractivity contribution in [3.05, 3.63) is 70.7 Å². The van der Waals surface area contributed by atoms with Gasteiger partial charge in [0, 0.05) is 23.1 Å². The number of benzene rings is 2. The molecule has 0 amide bonds. The van der Waals surface area contributed by atoms with Crippen LogP contribution in [0, 0.1) is 0 Å². The fourth-order valence-electron chi connectivity index (χ4n) is 2.09. The highest BCUT2D eigenvalue weighted by Crippen LogP contribution is 2.36. The van der Waals surface area contributed by atoms with Gasteiger partial charge >= 0.3 is 0 Å². The Hall–Kier alpha value is -1.78. The van der Waals surface area contributed by atoms with Crippen LogP contribution in [0.15, 0.2) is 59.6 Å². The third-order valence-electron chi connectivity index (χ3n) is 3.20. The van der Waals surface area contributed by atoms with E-state index in [2.05, 4.69) is 27.8 Å². The molecule has 22 heavy (non-hydrogen) atoms. The first-order chi connectivity index (χ1) is 10.8. The number of nitrogens with one attached hydrogen (secondary N) is 1. The third kappa shape index (κ3) is 4.36. The Morgan fingerprint density at radius 3 is 2.64 bits per heavy atom. The molecule has 2 rings (SSSR count). The lowest BCUT2D eigenvalue weighted by Gasteiger charge is -2.17. The Labute approximate surface area is 140 Å². The quantitative estimate of drug-likeness (QED) is 0.561. The van der Waals surface area contributed by atoms with Gasteiger partial charge in [0.05, 0.1) is 7.11 Å². The van der Waals surface area contributed by atoms with E-state index in [1.54, 1.807) is 7.11 Å². The molecule has 0 aliphatic rings. The van der Waals surface area contributed by atoms with Crippen LogP contribution in [0.25, 0.3) is 0 Å². The summed E-state index contributed by atoms with van der Waals surface area (Å²) in [7, 11) is 1.65. The largest absolute Gasteiger partial charge is 0.493 e. The molecule has 0 spiro atoms. The van der Waals surface area contributed by atoms with Crippen LogP contribution in [0.1, 0.15) is 11.1 Å². The molecule has 0 unspecified atom stereocenters. The van der Waals surface area contributed by atoms with Gasteiger partial charge in [-0.25, -0.2) is 0 Å². The molecule has 2 aromatic rings. The van der Waals surface area contributed by atoms with Crippen LogP contribution in [0.3, 0.4) is 0 Å². The van der Waals surface area contributed by atoms with Gasteiger partial charge in [0.1, 0.15) is 6.61 Å². The SMILES string of the molecule is C=CCNCc1c(Br)ccc(OC)c1OCc1ccccc1. The third-order valence-corrected chi connectivity index (χ3v) is 3.95. The summed E-state index contributed by atoms with van der Waals surface area (Å²) in [6.07, 6.45) is 1.83. The van der Waals surface area contributed by atoms with E-state index < -0.39 is 0 Å².